The summed E-state index contributed by atoms with van der Waals surface area (Å²) in [6, 6.07) is 14.7. The van der Waals surface area contributed by atoms with E-state index in [1.807, 2.05) is 19.1 Å². The zero-order chi connectivity index (χ0) is 12.3. The number of hydrogen-bond donors (Lipinski definition) is 0. The molecule has 0 N–H and O–H groups in total. The molecule has 0 atom stereocenters. The first-order chi connectivity index (χ1) is 8.22. The van der Waals surface area contributed by atoms with Crippen LogP contribution in [0.2, 0.25) is 0 Å². The molecule has 1 heteroatoms. The van der Waals surface area contributed by atoms with Crippen LogP contribution in [0.1, 0.15) is 18.1 Å². The Kier molecular flexibility index (Phi) is 3.48. The summed E-state index contributed by atoms with van der Waals surface area (Å²) in [6.07, 6.45) is 0. The third-order valence-electron chi connectivity index (χ3n) is 2.94. The molecule has 0 radical (unpaired) electrons. The van der Waals surface area contributed by atoms with Crippen molar-refractivity contribution < 1.29 is 4.74 Å². The maximum absolute atomic E-state index is 5.46. The van der Waals surface area contributed by atoms with Crippen molar-refractivity contribution in [3.8, 4) is 16.9 Å². The molecule has 1 nitrogen and oxygen atoms in total. The summed E-state index contributed by atoms with van der Waals surface area (Å²) < 4.78 is 5.46. The van der Waals surface area contributed by atoms with Gasteiger partial charge >= 0.3 is 0 Å². The molecule has 0 heterocycles. The minimum Gasteiger partial charge on any atom is -0.494 e. The molecule has 0 aliphatic rings. The Hall–Kier alpha value is -1.76. The van der Waals surface area contributed by atoms with Gasteiger partial charge in [0.25, 0.3) is 0 Å². The summed E-state index contributed by atoms with van der Waals surface area (Å²) in [5, 5.41) is 0. The highest BCUT2D eigenvalue weighted by atomic mass is 16.5. The van der Waals surface area contributed by atoms with Gasteiger partial charge in [-0.1, -0.05) is 30.3 Å². The summed E-state index contributed by atoms with van der Waals surface area (Å²) >= 11 is 0. The van der Waals surface area contributed by atoms with E-state index in [1.165, 1.54) is 22.3 Å². The van der Waals surface area contributed by atoms with Crippen LogP contribution in [0.3, 0.4) is 0 Å². The average molecular weight is 226 g/mol. The summed E-state index contributed by atoms with van der Waals surface area (Å²) in [7, 11) is 0. The van der Waals surface area contributed by atoms with Gasteiger partial charge in [-0.15, -0.1) is 0 Å². The van der Waals surface area contributed by atoms with Crippen LogP contribution >= 0.6 is 0 Å². The van der Waals surface area contributed by atoms with Crippen LogP contribution in [0.5, 0.6) is 5.75 Å². The summed E-state index contributed by atoms with van der Waals surface area (Å²) in [5.74, 6) is 0.933. The lowest BCUT2D eigenvalue weighted by Crippen LogP contribution is -1.92. The molecule has 0 saturated heterocycles. The first kappa shape index (κ1) is 11.7. The van der Waals surface area contributed by atoms with Gasteiger partial charge < -0.3 is 4.74 Å². The van der Waals surface area contributed by atoms with Gasteiger partial charge in [0.1, 0.15) is 5.75 Å². The fourth-order valence-electron chi connectivity index (χ4n) is 2.15. The Morgan fingerprint density at radius 1 is 0.882 bits per heavy atom. The Morgan fingerprint density at radius 2 is 1.47 bits per heavy atom. The van der Waals surface area contributed by atoms with Crippen LogP contribution in [-0.2, 0) is 0 Å². The van der Waals surface area contributed by atoms with E-state index >= 15 is 0 Å². The lowest BCUT2D eigenvalue weighted by molar-refractivity contribution is 0.340. The summed E-state index contributed by atoms with van der Waals surface area (Å²) in [4.78, 5) is 0. The van der Waals surface area contributed by atoms with Gasteiger partial charge in [-0.2, -0.15) is 0 Å². The molecule has 2 aromatic rings. The second-order valence-corrected chi connectivity index (χ2v) is 4.22. The minimum absolute atomic E-state index is 0.711. The van der Waals surface area contributed by atoms with Crippen LogP contribution in [-0.4, -0.2) is 6.61 Å². The van der Waals surface area contributed by atoms with Crippen LogP contribution in [0.25, 0.3) is 11.1 Å². The van der Waals surface area contributed by atoms with E-state index < -0.39 is 0 Å². The third kappa shape index (κ3) is 2.50. The second kappa shape index (κ2) is 5.05. The first-order valence-corrected chi connectivity index (χ1v) is 6.02. The highest BCUT2D eigenvalue weighted by Crippen LogP contribution is 2.28. The number of rotatable bonds is 3. The molecular formula is C16H18O. The number of ether oxygens (including phenoxy) is 1. The monoisotopic (exact) mass is 226 g/mol. The largest absolute Gasteiger partial charge is 0.494 e. The van der Waals surface area contributed by atoms with Crippen molar-refractivity contribution in [2.45, 2.75) is 20.8 Å². The van der Waals surface area contributed by atoms with Crippen molar-refractivity contribution in [2.24, 2.45) is 0 Å². The maximum atomic E-state index is 5.46. The highest BCUT2D eigenvalue weighted by Gasteiger charge is 2.04. The summed E-state index contributed by atoms with van der Waals surface area (Å²) in [6.45, 7) is 7.01. The van der Waals surface area contributed by atoms with Crippen LogP contribution in [0, 0.1) is 13.8 Å². The molecule has 0 unspecified atom stereocenters. The molecule has 88 valence electrons. The van der Waals surface area contributed by atoms with Gasteiger partial charge in [0, 0.05) is 0 Å². The predicted molar refractivity (Wildman–Crippen MR) is 72.5 cm³/mol. The van der Waals surface area contributed by atoms with Gasteiger partial charge in [-0.05, 0) is 55.2 Å². The lowest BCUT2D eigenvalue weighted by atomic mass is 9.96. The topological polar surface area (TPSA) is 9.23 Å². The second-order valence-electron chi connectivity index (χ2n) is 4.22. The van der Waals surface area contributed by atoms with E-state index in [9.17, 15) is 0 Å². The van der Waals surface area contributed by atoms with Crippen molar-refractivity contribution in [1.29, 1.82) is 0 Å². The van der Waals surface area contributed by atoms with Gasteiger partial charge in [0.15, 0.2) is 0 Å². The van der Waals surface area contributed by atoms with Gasteiger partial charge in [-0.25, -0.2) is 0 Å². The standard InChI is InChI=1S/C16H18O/c1-4-17-15-10-8-14(9-11-15)16-12(2)6-5-7-13(16)3/h5-11H,4H2,1-3H3. The molecule has 2 aromatic carbocycles. The zero-order valence-electron chi connectivity index (χ0n) is 10.7. The van der Waals surface area contributed by atoms with Gasteiger partial charge in [0.2, 0.25) is 0 Å². The SMILES string of the molecule is CCOc1ccc(-c2c(C)cccc2C)cc1. The molecule has 2 rings (SSSR count). The van der Waals surface area contributed by atoms with Gasteiger partial charge in [-0.3, -0.25) is 0 Å². The van der Waals surface area contributed by atoms with Crippen molar-refractivity contribution in [3.63, 3.8) is 0 Å². The fourth-order valence-corrected chi connectivity index (χ4v) is 2.15. The highest BCUT2D eigenvalue weighted by molar-refractivity contribution is 5.71. The third-order valence-corrected chi connectivity index (χ3v) is 2.94. The maximum Gasteiger partial charge on any atom is 0.119 e. The van der Waals surface area contributed by atoms with Crippen LogP contribution < -0.4 is 4.74 Å². The van der Waals surface area contributed by atoms with E-state index in [1.54, 1.807) is 0 Å². The normalized spacial score (nSPS) is 10.3. The number of hydrogen-bond acceptors (Lipinski definition) is 1. The van der Waals surface area contributed by atoms with Crippen molar-refractivity contribution in [1.82, 2.24) is 0 Å². The molecular weight excluding hydrogens is 208 g/mol. The molecule has 0 aromatic heterocycles. The lowest BCUT2D eigenvalue weighted by Gasteiger charge is -2.10. The van der Waals surface area contributed by atoms with Crippen molar-refractivity contribution in [2.75, 3.05) is 6.61 Å². The summed E-state index contributed by atoms with van der Waals surface area (Å²) in [5.41, 5.74) is 5.21. The van der Waals surface area contributed by atoms with E-state index in [2.05, 4.69) is 44.2 Å². The van der Waals surface area contributed by atoms with Gasteiger partial charge in [0.05, 0.1) is 6.61 Å². The molecule has 0 spiro atoms. The van der Waals surface area contributed by atoms with E-state index in [0.717, 1.165) is 5.75 Å². The average Bonchev–Trinajstić information content (AvgIpc) is 2.31. The predicted octanol–water partition coefficient (Wildman–Crippen LogP) is 4.37. The smallest absolute Gasteiger partial charge is 0.119 e. The van der Waals surface area contributed by atoms with E-state index in [4.69, 9.17) is 4.74 Å². The van der Waals surface area contributed by atoms with Crippen LogP contribution in [0.4, 0.5) is 0 Å². The molecule has 0 fully saturated rings. The Labute approximate surface area is 103 Å². The molecule has 0 aliphatic carbocycles. The van der Waals surface area contributed by atoms with Crippen molar-refractivity contribution in [3.05, 3.63) is 53.6 Å². The Balaban J connectivity index is 2.40. The van der Waals surface area contributed by atoms with E-state index in [0.29, 0.717) is 6.61 Å². The van der Waals surface area contributed by atoms with Crippen molar-refractivity contribution >= 4 is 0 Å². The molecule has 0 aliphatic heterocycles. The molecule has 0 amide bonds. The Bertz CT molecular complexity index is 477. The molecule has 0 saturated carbocycles. The first-order valence-electron chi connectivity index (χ1n) is 6.02. The zero-order valence-corrected chi connectivity index (χ0v) is 10.7. The quantitative estimate of drug-likeness (QED) is 0.755. The molecule has 17 heavy (non-hydrogen) atoms. The van der Waals surface area contributed by atoms with E-state index in [-0.39, 0.29) is 0 Å². The Morgan fingerprint density at radius 3 is 2.00 bits per heavy atom. The van der Waals surface area contributed by atoms with Crippen LogP contribution in [0.15, 0.2) is 42.5 Å². The number of aryl methyl sites for hydroxylation is 2. The molecule has 0 bridgehead atoms. The fraction of sp³-hybridized carbons (Fsp3) is 0.250. The minimum atomic E-state index is 0.711. The number of benzene rings is 2.